The minimum atomic E-state index is -0.387. The maximum absolute atomic E-state index is 11.4. The number of urea groups is 1. The van der Waals surface area contributed by atoms with Crippen LogP contribution >= 0.6 is 0 Å². The molecule has 0 atom stereocenters. The quantitative estimate of drug-likeness (QED) is 0.860. The summed E-state index contributed by atoms with van der Waals surface area (Å²) in [5.74, 6) is -0.387. The van der Waals surface area contributed by atoms with E-state index in [4.69, 9.17) is 4.42 Å². The van der Waals surface area contributed by atoms with Crippen LogP contribution in [0, 0.1) is 0 Å². The standard InChI is InChI=1S/C12H15N3O3/c1-13-11(16)14(2)7-8-4-5-9-10(6-8)18-12(17)15(9)3/h4-6H,7H2,1-3H3,(H,13,16). The molecule has 2 aromatic rings. The fourth-order valence-corrected chi connectivity index (χ4v) is 1.81. The molecule has 0 spiro atoms. The number of rotatable bonds is 2. The van der Waals surface area contributed by atoms with E-state index in [9.17, 15) is 9.59 Å². The highest BCUT2D eigenvalue weighted by Gasteiger charge is 2.10. The molecular formula is C12H15N3O3. The molecular weight excluding hydrogens is 234 g/mol. The Hall–Kier alpha value is -2.24. The molecule has 0 bridgehead atoms. The van der Waals surface area contributed by atoms with Gasteiger partial charge in [0, 0.05) is 27.7 Å². The van der Waals surface area contributed by atoms with E-state index in [1.807, 2.05) is 12.1 Å². The number of aromatic nitrogens is 1. The monoisotopic (exact) mass is 249 g/mol. The number of fused-ring (bicyclic) bond motifs is 1. The predicted octanol–water partition coefficient (Wildman–Crippen LogP) is 0.903. The summed E-state index contributed by atoms with van der Waals surface area (Å²) in [7, 11) is 4.94. The van der Waals surface area contributed by atoms with Crippen LogP contribution in [0.25, 0.3) is 11.1 Å². The molecule has 2 amide bonds. The van der Waals surface area contributed by atoms with Crippen molar-refractivity contribution in [1.82, 2.24) is 14.8 Å². The zero-order chi connectivity index (χ0) is 13.3. The number of aryl methyl sites for hydroxylation is 1. The molecule has 0 radical (unpaired) electrons. The number of hydrogen-bond acceptors (Lipinski definition) is 3. The third-order valence-electron chi connectivity index (χ3n) is 2.84. The van der Waals surface area contributed by atoms with Gasteiger partial charge in [-0.3, -0.25) is 4.57 Å². The molecule has 0 aliphatic heterocycles. The highest BCUT2D eigenvalue weighted by Crippen LogP contribution is 2.15. The van der Waals surface area contributed by atoms with Gasteiger partial charge in [0.2, 0.25) is 0 Å². The Labute approximate surface area is 104 Å². The van der Waals surface area contributed by atoms with Crippen LogP contribution in [-0.4, -0.2) is 29.6 Å². The fourth-order valence-electron chi connectivity index (χ4n) is 1.81. The molecule has 18 heavy (non-hydrogen) atoms. The van der Waals surface area contributed by atoms with Crippen molar-refractivity contribution >= 4 is 17.1 Å². The van der Waals surface area contributed by atoms with Gasteiger partial charge >= 0.3 is 11.8 Å². The molecule has 6 heteroatoms. The van der Waals surface area contributed by atoms with Crippen LogP contribution in [0.2, 0.25) is 0 Å². The van der Waals surface area contributed by atoms with Crippen LogP contribution < -0.4 is 11.1 Å². The molecule has 6 nitrogen and oxygen atoms in total. The molecule has 1 aromatic heterocycles. The Morgan fingerprint density at radius 3 is 2.89 bits per heavy atom. The van der Waals surface area contributed by atoms with Gasteiger partial charge in [0.05, 0.1) is 5.52 Å². The number of oxazole rings is 1. The van der Waals surface area contributed by atoms with E-state index in [0.717, 1.165) is 11.1 Å². The number of carbonyl (C=O) groups excluding carboxylic acids is 1. The number of nitrogens with zero attached hydrogens (tertiary/aromatic N) is 2. The summed E-state index contributed by atoms with van der Waals surface area (Å²) >= 11 is 0. The molecule has 0 saturated heterocycles. The molecule has 96 valence electrons. The van der Waals surface area contributed by atoms with Crippen LogP contribution in [0.4, 0.5) is 4.79 Å². The third-order valence-corrected chi connectivity index (χ3v) is 2.84. The SMILES string of the molecule is CNC(=O)N(C)Cc1ccc2c(c1)oc(=O)n2C. The van der Waals surface area contributed by atoms with Crippen molar-refractivity contribution in [3.63, 3.8) is 0 Å². The first-order chi connectivity index (χ1) is 8.52. The van der Waals surface area contributed by atoms with Crippen molar-refractivity contribution in [1.29, 1.82) is 0 Å². The van der Waals surface area contributed by atoms with Crippen molar-refractivity contribution in [2.45, 2.75) is 6.54 Å². The van der Waals surface area contributed by atoms with Crippen LogP contribution in [0.5, 0.6) is 0 Å². The third kappa shape index (κ3) is 2.09. The highest BCUT2D eigenvalue weighted by molar-refractivity contribution is 5.75. The maximum Gasteiger partial charge on any atom is 0.419 e. The average Bonchev–Trinajstić information content (AvgIpc) is 2.63. The zero-order valence-corrected chi connectivity index (χ0v) is 10.6. The second-order valence-electron chi connectivity index (χ2n) is 4.14. The normalized spacial score (nSPS) is 10.6. The molecule has 1 N–H and O–H groups in total. The topological polar surface area (TPSA) is 67.5 Å². The lowest BCUT2D eigenvalue weighted by molar-refractivity contribution is 0.209. The number of amides is 2. The average molecular weight is 249 g/mol. The van der Waals surface area contributed by atoms with Crippen molar-refractivity contribution < 1.29 is 9.21 Å². The minimum Gasteiger partial charge on any atom is -0.408 e. The Morgan fingerprint density at radius 1 is 1.50 bits per heavy atom. The number of carbonyl (C=O) groups is 1. The van der Waals surface area contributed by atoms with Crippen molar-refractivity contribution in [3.8, 4) is 0 Å². The van der Waals surface area contributed by atoms with Gasteiger partial charge in [0.1, 0.15) is 0 Å². The molecule has 0 fully saturated rings. The highest BCUT2D eigenvalue weighted by atomic mass is 16.4. The summed E-state index contributed by atoms with van der Waals surface area (Å²) in [6.45, 7) is 0.453. The van der Waals surface area contributed by atoms with E-state index < -0.39 is 0 Å². The molecule has 1 aromatic carbocycles. The summed E-state index contributed by atoms with van der Waals surface area (Å²) in [4.78, 5) is 24.3. The number of benzene rings is 1. The molecule has 0 saturated carbocycles. The molecule has 0 aliphatic carbocycles. The van der Waals surface area contributed by atoms with E-state index in [-0.39, 0.29) is 11.8 Å². The molecule has 2 rings (SSSR count). The fraction of sp³-hybridized carbons (Fsp3) is 0.333. The lowest BCUT2D eigenvalue weighted by Crippen LogP contribution is -2.34. The van der Waals surface area contributed by atoms with Crippen LogP contribution in [0.1, 0.15) is 5.56 Å². The predicted molar refractivity (Wildman–Crippen MR) is 67.4 cm³/mol. The zero-order valence-electron chi connectivity index (χ0n) is 10.6. The molecule has 0 unspecified atom stereocenters. The van der Waals surface area contributed by atoms with E-state index in [2.05, 4.69) is 5.32 Å². The van der Waals surface area contributed by atoms with Gasteiger partial charge in [-0.25, -0.2) is 9.59 Å². The lowest BCUT2D eigenvalue weighted by Gasteiger charge is -2.16. The van der Waals surface area contributed by atoms with Gasteiger partial charge in [-0.05, 0) is 17.7 Å². The van der Waals surface area contributed by atoms with Gasteiger partial charge in [-0.2, -0.15) is 0 Å². The number of nitrogens with one attached hydrogen (secondary N) is 1. The van der Waals surface area contributed by atoms with Gasteiger partial charge in [-0.15, -0.1) is 0 Å². The van der Waals surface area contributed by atoms with Gasteiger partial charge in [-0.1, -0.05) is 6.07 Å². The first kappa shape index (κ1) is 12.2. The second kappa shape index (κ2) is 4.56. The largest absolute Gasteiger partial charge is 0.419 e. The second-order valence-corrected chi connectivity index (χ2v) is 4.14. The van der Waals surface area contributed by atoms with E-state index >= 15 is 0 Å². The van der Waals surface area contributed by atoms with E-state index in [0.29, 0.717) is 12.1 Å². The Balaban J connectivity index is 2.31. The Morgan fingerprint density at radius 2 is 2.22 bits per heavy atom. The first-order valence-electron chi connectivity index (χ1n) is 5.54. The molecule has 0 aliphatic rings. The lowest BCUT2D eigenvalue weighted by atomic mass is 10.2. The summed E-state index contributed by atoms with van der Waals surface area (Å²) in [5, 5.41) is 2.54. The van der Waals surface area contributed by atoms with E-state index in [1.54, 1.807) is 32.1 Å². The van der Waals surface area contributed by atoms with Crippen LogP contribution in [0.3, 0.4) is 0 Å². The number of hydrogen-bond donors (Lipinski definition) is 1. The first-order valence-corrected chi connectivity index (χ1v) is 5.54. The Bertz CT molecular complexity index is 642. The maximum atomic E-state index is 11.4. The minimum absolute atomic E-state index is 0.162. The van der Waals surface area contributed by atoms with Crippen LogP contribution in [-0.2, 0) is 13.6 Å². The van der Waals surface area contributed by atoms with Crippen molar-refractivity contribution in [2.24, 2.45) is 7.05 Å². The van der Waals surface area contributed by atoms with Gasteiger partial charge < -0.3 is 14.6 Å². The summed E-state index contributed by atoms with van der Waals surface area (Å²) in [5.41, 5.74) is 2.18. The van der Waals surface area contributed by atoms with Crippen molar-refractivity contribution in [3.05, 3.63) is 34.3 Å². The summed E-state index contributed by atoms with van der Waals surface area (Å²) in [6, 6.07) is 5.30. The van der Waals surface area contributed by atoms with Crippen molar-refractivity contribution in [2.75, 3.05) is 14.1 Å². The van der Waals surface area contributed by atoms with E-state index in [1.165, 1.54) is 4.57 Å². The molecule has 1 heterocycles. The summed E-state index contributed by atoms with van der Waals surface area (Å²) in [6.07, 6.45) is 0. The van der Waals surface area contributed by atoms with Gasteiger partial charge in [0.25, 0.3) is 0 Å². The summed E-state index contributed by atoms with van der Waals surface area (Å²) < 4.78 is 6.54. The van der Waals surface area contributed by atoms with Crippen LogP contribution in [0.15, 0.2) is 27.4 Å². The Kier molecular flexibility index (Phi) is 3.10. The smallest absolute Gasteiger partial charge is 0.408 e. The van der Waals surface area contributed by atoms with Gasteiger partial charge in [0.15, 0.2) is 5.58 Å².